The smallest absolute Gasteiger partial charge is 0.320 e. The maximum atomic E-state index is 13.3. The Kier molecular flexibility index (Phi) is 6.81. The lowest BCUT2D eigenvalue weighted by molar-refractivity contribution is -0.140. The molecule has 0 aromatic heterocycles. The topological polar surface area (TPSA) is 78.4 Å². The number of carbonyl (C=O) groups excluding carboxylic acids is 1. The van der Waals surface area contributed by atoms with Crippen LogP contribution in [0.3, 0.4) is 0 Å². The molecule has 3 N–H and O–H groups in total. The van der Waals surface area contributed by atoms with Gasteiger partial charge >= 0.3 is 5.97 Å². The molecule has 1 amide bonds. The quantitative estimate of drug-likeness (QED) is 0.687. The second-order valence-electron chi connectivity index (χ2n) is 5.25. The van der Waals surface area contributed by atoms with Crippen LogP contribution in [0, 0.1) is 11.7 Å². The van der Waals surface area contributed by atoms with Crippen LogP contribution in [0.4, 0.5) is 10.1 Å². The van der Waals surface area contributed by atoms with E-state index in [1.54, 1.807) is 6.07 Å². The highest BCUT2D eigenvalue weighted by atomic mass is 19.1. The number of aliphatic carboxylic acids is 1. The molecule has 0 heterocycles. The molecule has 0 saturated heterocycles. The molecule has 1 rings (SSSR count). The fourth-order valence-corrected chi connectivity index (χ4v) is 1.88. The molecular weight excluding hydrogens is 275 g/mol. The van der Waals surface area contributed by atoms with Crippen LogP contribution >= 0.6 is 0 Å². The Morgan fingerprint density at radius 1 is 1.29 bits per heavy atom. The van der Waals surface area contributed by atoms with Crippen molar-refractivity contribution < 1.29 is 19.1 Å². The van der Waals surface area contributed by atoms with Crippen molar-refractivity contribution in [3.63, 3.8) is 0 Å². The van der Waals surface area contributed by atoms with Gasteiger partial charge in [0, 0.05) is 13.0 Å². The first-order chi connectivity index (χ1) is 9.90. The number of carboxylic acid groups (broad SMARTS) is 1. The average Bonchev–Trinajstić information content (AvgIpc) is 2.39. The molecule has 0 aliphatic rings. The van der Waals surface area contributed by atoms with Crippen molar-refractivity contribution in [1.29, 1.82) is 0 Å². The van der Waals surface area contributed by atoms with E-state index in [0.29, 0.717) is 6.42 Å². The van der Waals surface area contributed by atoms with Gasteiger partial charge in [0.2, 0.25) is 5.91 Å². The minimum atomic E-state index is -0.932. The monoisotopic (exact) mass is 296 g/mol. The molecule has 116 valence electrons. The number of para-hydroxylation sites is 1. The van der Waals surface area contributed by atoms with Gasteiger partial charge in [-0.3, -0.25) is 9.59 Å². The summed E-state index contributed by atoms with van der Waals surface area (Å²) in [5.74, 6) is -1.55. The lowest BCUT2D eigenvalue weighted by Crippen LogP contribution is -2.39. The van der Waals surface area contributed by atoms with Crippen LogP contribution in [0.5, 0.6) is 0 Å². The van der Waals surface area contributed by atoms with Gasteiger partial charge in [-0.1, -0.05) is 26.0 Å². The lowest BCUT2D eigenvalue weighted by atomic mass is 10.0. The Labute approximate surface area is 123 Å². The number of hydrogen-bond acceptors (Lipinski definition) is 3. The highest BCUT2D eigenvalue weighted by Gasteiger charge is 2.18. The van der Waals surface area contributed by atoms with Gasteiger partial charge in [-0.25, -0.2) is 4.39 Å². The number of benzene rings is 1. The summed E-state index contributed by atoms with van der Waals surface area (Å²) in [6.07, 6.45) is 0.570. The van der Waals surface area contributed by atoms with Crippen molar-refractivity contribution in [1.82, 2.24) is 5.32 Å². The predicted octanol–water partition coefficient (Wildman–Crippen LogP) is 2.24. The van der Waals surface area contributed by atoms with Crippen molar-refractivity contribution in [2.75, 3.05) is 11.9 Å². The molecule has 0 spiro atoms. The third-order valence-electron chi connectivity index (χ3n) is 2.90. The maximum absolute atomic E-state index is 13.3. The fourth-order valence-electron chi connectivity index (χ4n) is 1.88. The van der Waals surface area contributed by atoms with E-state index in [1.807, 2.05) is 13.8 Å². The summed E-state index contributed by atoms with van der Waals surface area (Å²) in [5.41, 5.74) is 0.125. The number of carbonyl (C=O) groups is 2. The van der Waals surface area contributed by atoms with Crippen molar-refractivity contribution >= 4 is 17.6 Å². The van der Waals surface area contributed by atoms with Gasteiger partial charge in [0.15, 0.2) is 0 Å². The number of halogens is 1. The number of hydrogen-bond donors (Lipinski definition) is 3. The van der Waals surface area contributed by atoms with Crippen molar-refractivity contribution in [2.24, 2.45) is 5.92 Å². The van der Waals surface area contributed by atoms with Crippen LogP contribution in [0.15, 0.2) is 24.3 Å². The molecule has 21 heavy (non-hydrogen) atoms. The molecule has 1 atom stereocenters. The van der Waals surface area contributed by atoms with Crippen molar-refractivity contribution in [2.45, 2.75) is 32.7 Å². The molecule has 0 saturated carbocycles. The van der Waals surface area contributed by atoms with Crippen LogP contribution in [-0.4, -0.2) is 29.6 Å². The third-order valence-corrected chi connectivity index (χ3v) is 2.90. The zero-order chi connectivity index (χ0) is 15.8. The fraction of sp³-hybridized carbons (Fsp3) is 0.467. The van der Waals surface area contributed by atoms with E-state index in [9.17, 15) is 14.0 Å². The van der Waals surface area contributed by atoms with Gasteiger partial charge in [-0.15, -0.1) is 0 Å². The van der Waals surface area contributed by atoms with Crippen LogP contribution < -0.4 is 10.6 Å². The van der Waals surface area contributed by atoms with Crippen LogP contribution in [0.25, 0.3) is 0 Å². The zero-order valence-corrected chi connectivity index (χ0v) is 12.2. The predicted molar refractivity (Wildman–Crippen MR) is 78.5 cm³/mol. The standard InChI is InChI=1S/C15H21FN2O3/c1-10(2)9-13(15(20)21)17-8-7-14(19)18-12-6-4-3-5-11(12)16/h3-6,10,13,17H,7-9H2,1-2H3,(H,18,19)(H,20,21). The van der Waals surface area contributed by atoms with Gasteiger partial charge in [0.05, 0.1) is 5.69 Å². The molecule has 0 bridgehead atoms. The van der Waals surface area contributed by atoms with Crippen LogP contribution in [0.2, 0.25) is 0 Å². The highest BCUT2D eigenvalue weighted by Crippen LogP contribution is 2.12. The molecule has 1 unspecified atom stereocenters. The maximum Gasteiger partial charge on any atom is 0.320 e. The lowest BCUT2D eigenvalue weighted by Gasteiger charge is -2.16. The molecular formula is C15H21FN2O3. The number of amides is 1. The van der Waals surface area contributed by atoms with E-state index in [4.69, 9.17) is 5.11 Å². The molecule has 1 aromatic carbocycles. The summed E-state index contributed by atoms with van der Waals surface area (Å²) >= 11 is 0. The first-order valence-corrected chi connectivity index (χ1v) is 6.90. The molecule has 6 heteroatoms. The highest BCUT2D eigenvalue weighted by molar-refractivity contribution is 5.90. The van der Waals surface area contributed by atoms with Gasteiger partial charge < -0.3 is 15.7 Å². The second-order valence-corrected chi connectivity index (χ2v) is 5.25. The number of anilines is 1. The van der Waals surface area contributed by atoms with Gasteiger partial charge in [-0.2, -0.15) is 0 Å². The minimum Gasteiger partial charge on any atom is -0.480 e. The second kappa shape index (κ2) is 8.36. The third kappa shape index (κ3) is 6.35. The first kappa shape index (κ1) is 17.1. The number of rotatable bonds is 8. The summed E-state index contributed by atoms with van der Waals surface area (Å²) in [7, 11) is 0. The molecule has 0 aliphatic carbocycles. The molecule has 5 nitrogen and oxygen atoms in total. The van der Waals surface area contributed by atoms with Crippen molar-refractivity contribution in [3.8, 4) is 0 Å². The van der Waals surface area contributed by atoms with E-state index < -0.39 is 17.8 Å². The van der Waals surface area contributed by atoms with E-state index in [0.717, 1.165) is 0 Å². The van der Waals surface area contributed by atoms with E-state index in [-0.39, 0.29) is 30.5 Å². The van der Waals surface area contributed by atoms with Crippen LogP contribution in [-0.2, 0) is 9.59 Å². The summed E-state index contributed by atoms with van der Waals surface area (Å²) in [6, 6.07) is 5.22. The van der Waals surface area contributed by atoms with Crippen molar-refractivity contribution in [3.05, 3.63) is 30.1 Å². The number of carboxylic acids is 1. The Morgan fingerprint density at radius 3 is 2.52 bits per heavy atom. The molecule has 0 fully saturated rings. The summed E-state index contributed by atoms with van der Waals surface area (Å²) in [6.45, 7) is 4.09. The molecule has 0 aliphatic heterocycles. The Morgan fingerprint density at radius 2 is 1.95 bits per heavy atom. The van der Waals surface area contributed by atoms with Crippen LogP contribution in [0.1, 0.15) is 26.7 Å². The largest absolute Gasteiger partial charge is 0.480 e. The van der Waals surface area contributed by atoms with E-state index in [1.165, 1.54) is 18.2 Å². The average molecular weight is 296 g/mol. The van der Waals surface area contributed by atoms with E-state index >= 15 is 0 Å². The Bertz CT molecular complexity index is 492. The summed E-state index contributed by atoms with van der Waals surface area (Å²) in [4.78, 5) is 22.7. The Balaban J connectivity index is 2.39. The minimum absolute atomic E-state index is 0.0796. The summed E-state index contributed by atoms with van der Waals surface area (Å²) in [5, 5.41) is 14.3. The molecule has 0 radical (unpaired) electrons. The Hall–Kier alpha value is -1.95. The van der Waals surface area contributed by atoms with E-state index in [2.05, 4.69) is 10.6 Å². The first-order valence-electron chi connectivity index (χ1n) is 6.90. The van der Waals surface area contributed by atoms with Gasteiger partial charge in [-0.05, 0) is 24.5 Å². The SMILES string of the molecule is CC(C)CC(NCCC(=O)Nc1ccccc1F)C(=O)O. The summed E-state index contributed by atoms with van der Waals surface area (Å²) < 4.78 is 13.3. The zero-order valence-electron chi connectivity index (χ0n) is 12.2. The van der Waals surface area contributed by atoms with Gasteiger partial charge in [0.1, 0.15) is 11.9 Å². The normalized spacial score (nSPS) is 12.2. The molecule has 1 aromatic rings. The number of nitrogens with one attached hydrogen (secondary N) is 2. The van der Waals surface area contributed by atoms with Gasteiger partial charge in [0.25, 0.3) is 0 Å².